The molecule has 1 unspecified atom stereocenters. The molecule has 2 aromatic heterocycles. The van der Waals surface area contributed by atoms with Gasteiger partial charge in [-0.3, -0.25) is 9.59 Å². The van der Waals surface area contributed by atoms with Gasteiger partial charge in [0.1, 0.15) is 11.2 Å². The molecule has 1 atom stereocenters. The molecule has 1 fully saturated rings. The van der Waals surface area contributed by atoms with Crippen LogP contribution in [0.15, 0.2) is 21.2 Å². The third-order valence-corrected chi connectivity index (χ3v) is 5.24. The monoisotopic (exact) mass is 364 g/mol. The van der Waals surface area contributed by atoms with Crippen molar-refractivity contribution < 1.29 is 23.8 Å². The number of aryl methyl sites for hydroxylation is 1. The van der Waals surface area contributed by atoms with E-state index in [4.69, 9.17) is 9.15 Å². The first-order valence-corrected chi connectivity index (χ1v) is 8.88. The maximum absolute atomic E-state index is 12.6. The number of nitrogens with zero attached hydrogens (tertiary/aromatic N) is 2. The fourth-order valence-corrected chi connectivity index (χ4v) is 3.70. The minimum Gasteiger partial charge on any atom is -0.481 e. The Kier molecular flexibility index (Phi) is 4.91. The van der Waals surface area contributed by atoms with Gasteiger partial charge in [0, 0.05) is 31.1 Å². The molecule has 0 radical (unpaired) electrons. The van der Waals surface area contributed by atoms with Crippen molar-refractivity contribution >= 4 is 23.2 Å². The Hall–Kier alpha value is -2.19. The lowest BCUT2D eigenvalue weighted by atomic mass is 9.88. The standard InChI is InChI=1S/C17H20N2O5S/c1-11-13(18-15(24-11)12-3-6-25-8-12)7-14(20)19-5-4-17(9-19,10-23-2)16(21)22/h3,6,8H,4-5,7,9-10H2,1-2H3,(H,21,22). The second-order valence-corrected chi connectivity index (χ2v) is 7.07. The summed E-state index contributed by atoms with van der Waals surface area (Å²) in [6.45, 7) is 2.44. The Morgan fingerprint density at radius 1 is 1.52 bits per heavy atom. The number of hydrogen-bond acceptors (Lipinski definition) is 6. The number of methoxy groups -OCH3 is 1. The van der Waals surface area contributed by atoms with E-state index in [9.17, 15) is 14.7 Å². The molecule has 1 amide bonds. The van der Waals surface area contributed by atoms with Crippen LogP contribution in [0.2, 0.25) is 0 Å². The zero-order valence-electron chi connectivity index (χ0n) is 14.2. The average Bonchev–Trinajstić information content (AvgIpc) is 3.28. The van der Waals surface area contributed by atoms with Crippen LogP contribution >= 0.6 is 11.3 Å². The molecular formula is C17H20N2O5S. The summed E-state index contributed by atoms with van der Waals surface area (Å²) >= 11 is 1.55. The van der Waals surface area contributed by atoms with Gasteiger partial charge >= 0.3 is 5.97 Å². The van der Waals surface area contributed by atoms with Crippen LogP contribution in [-0.4, -0.2) is 53.7 Å². The third-order valence-electron chi connectivity index (χ3n) is 4.56. The summed E-state index contributed by atoms with van der Waals surface area (Å²) in [7, 11) is 1.47. The highest BCUT2D eigenvalue weighted by molar-refractivity contribution is 7.08. The number of ether oxygens (including phenoxy) is 1. The number of aliphatic carboxylic acids is 1. The topological polar surface area (TPSA) is 92.9 Å². The first-order chi connectivity index (χ1) is 11.9. The third kappa shape index (κ3) is 3.45. The van der Waals surface area contributed by atoms with Gasteiger partial charge in [-0.05, 0) is 24.8 Å². The zero-order chi connectivity index (χ0) is 18.0. The van der Waals surface area contributed by atoms with E-state index < -0.39 is 11.4 Å². The molecule has 134 valence electrons. The normalized spacial score (nSPS) is 20.2. The van der Waals surface area contributed by atoms with Crippen LogP contribution in [0.3, 0.4) is 0 Å². The molecule has 0 aromatic carbocycles. The number of thiophene rings is 1. The van der Waals surface area contributed by atoms with E-state index in [1.807, 2.05) is 16.8 Å². The molecule has 0 bridgehead atoms. The fraction of sp³-hybridized carbons (Fsp3) is 0.471. The molecule has 25 heavy (non-hydrogen) atoms. The van der Waals surface area contributed by atoms with Gasteiger partial charge in [0.25, 0.3) is 0 Å². The van der Waals surface area contributed by atoms with Gasteiger partial charge in [0.05, 0.1) is 18.7 Å². The highest BCUT2D eigenvalue weighted by Crippen LogP contribution is 2.32. The molecular weight excluding hydrogens is 344 g/mol. The van der Waals surface area contributed by atoms with Gasteiger partial charge < -0.3 is 19.2 Å². The highest BCUT2D eigenvalue weighted by Gasteiger charge is 2.46. The number of carbonyl (C=O) groups excluding carboxylic acids is 1. The molecule has 7 nitrogen and oxygen atoms in total. The smallest absolute Gasteiger partial charge is 0.313 e. The van der Waals surface area contributed by atoms with Gasteiger partial charge in [-0.25, -0.2) is 4.98 Å². The van der Waals surface area contributed by atoms with Crippen molar-refractivity contribution in [3.63, 3.8) is 0 Å². The number of oxazole rings is 1. The Morgan fingerprint density at radius 2 is 2.32 bits per heavy atom. The number of carbonyl (C=O) groups is 2. The minimum atomic E-state index is -1.02. The summed E-state index contributed by atoms with van der Waals surface area (Å²) in [4.78, 5) is 30.2. The molecule has 1 saturated heterocycles. The molecule has 3 heterocycles. The first kappa shape index (κ1) is 17.6. The second-order valence-electron chi connectivity index (χ2n) is 6.29. The molecule has 3 rings (SSSR count). The van der Waals surface area contributed by atoms with Gasteiger partial charge in [-0.1, -0.05) is 0 Å². The van der Waals surface area contributed by atoms with Crippen LogP contribution in [0.25, 0.3) is 11.5 Å². The van der Waals surface area contributed by atoms with Crippen molar-refractivity contribution in [3.05, 3.63) is 28.3 Å². The van der Waals surface area contributed by atoms with E-state index >= 15 is 0 Å². The Bertz CT molecular complexity index is 770. The Labute approximate surface area is 149 Å². The van der Waals surface area contributed by atoms with Crippen LogP contribution in [0.4, 0.5) is 0 Å². The van der Waals surface area contributed by atoms with E-state index in [-0.39, 0.29) is 25.5 Å². The van der Waals surface area contributed by atoms with Gasteiger partial charge in [-0.2, -0.15) is 11.3 Å². The number of hydrogen-bond donors (Lipinski definition) is 1. The summed E-state index contributed by atoms with van der Waals surface area (Å²) in [6.07, 6.45) is 0.488. The quantitative estimate of drug-likeness (QED) is 0.845. The van der Waals surface area contributed by atoms with Crippen LogP contribution in [0, 0.1) is 12.3 Å². The first-order valence-electron chi connectivity index (χ1n) is 7.94. The number of amides is 1. The van der Waals surface area contributed by atoms with Crippen molar-refractivity contribution in [2.24, 2.45) is 5.41 Å². The average molecular weight is 364 g/mol. The molecule has 8 heteroatoms. The van der Waals surface area contributed by atoms with Crippen LogP contribution < -0.4 is 0 Å². The number of likely N-dealkylation sites (tertiary alicyclic amines) is 1. The number of carboxylic acid groups (broad SMARTS) is 1. The van der Waals surface area contributed by atoms with E-state index in [0.29, 0.717) is 30.3 Å². The summed E-state index contributed by atoms with van der Waals surface area (Å²) in [6, 6.07) is 1.91. The lowest BCUT2D eigenvalue weighted by molar-refractivity contribution is -0.151. The fourth-order valence-electron chi connectivity index (χ4n) is 3.07. The van der Waals surface area contributed by atoms with E-state index in [0.717, 1.165) is 5.56 Å². The van der Waals surface area contributed by atoms with Crippen molar-refractivity contribution in [1.82, 2.24) is 9.88 Å². The van der Waals surface area contributed by atoms with Crippen molar-refractivity contribution in [2.45, 2.75) is 19.8 Å². The minimum absolute atomic E-state index is 0.0946. The maximum Gasteiger partial charge on any atom is 0.313 e. The molecule has 1 aliphatic heterocycles. The molecule has 2 aromatic rings. The molecule has 0 saturated carbocycles. The second kappa shape index (κ2) is 6.97. The van der Waals surface area contributed by atoms with Crippen molar-refractivity contribution in [3.8, 4) is 11.5 Å². The van der Waals surface area contributed by atoms with Crippen molar-refractivity contribution in [1.29, 1.82) is 0 Å². The van der Waals surface area contributed by atoms with Crippen LogP contribution in [-0.2, 0) is 20.7 Å². The predicted molar refractivity (Wildman–Crippen MR) is 91.4 cm³/mol. The molecule has 1 N–H and O–H groups in total. The predicted octanol–water partition coefficient (Wildman–Crippen LogP) is 2.20. The summed E-state index contributed by atoms with van der Waals surface area (Å²) < 4.78 is 10.7. The number of carboxylic acids is 1. The molecule has 0 aliphatic carbocycles. The Balaban J connectivity index is 1.70. The van der Waals surface area contributed by atoms with Gasteiger partial charge in [0.15, 0.2) is 0 Å². The zero-order valence-corrected chi connectivity index (χ0v) is 15.0. The van der Waals surface area contributed by atoms with E-state index in [1.54, 1.807) is 23.2 Å². The van der Waals surface area contributed by atoms with E-state index in [2.05, 4.69) is 4.98 Å². The SMILES string of the molecule is COCC1(C(=O)O)CCN(C(=O)Cc2nc(-c3ccsc3)oc2C)C1. The highest BCUT2D eigenvalue weighted by atomic mass is 32.1. The van der Waals surface area contributed by atoms with Gasteiger partial charge in [-0.15, -0.1) is 0 Å². The van der Waals surface area contributed by atoms with Crippen LogP contribution in [0.5, 0.6) is 0 Å². The lowest BCUT2D eigenvalue weighted by Gasteiger charge is -2.23. The largest absolute Gasteiger partial charge is 0.481 e. The summed E-state index contributed by atoms with van der Waals surface area (Å²) in [5.74, 6) is 0.0341. The molecule has 0 spiro atoms. The van der Waals surface area contributed by atoms with Crippen molar-refractivity contribution in [2.75, 3.05) is 26.8 Å². The lowest BCUT2D eigenvalue weighted by Crippen LogP contribution is -2.40. The maximum atomic E-state index is 12.6. The summed E-state index contributed by atoms with van der Waals surface area (Å²) in [5, 5.41) is 13.4. The van der Waals surface area contributed by atoms with Gasteiger partial charge in [0.2, 0.25) is 11.8 Å². The Morgan fingerprint density at radius 3 is 2.96 bits per heavy atom. The van der Waals surface area contributed by atoms with Crippen LogP contribution in [0.1, 0.15) is 17.9 Å². The summed E-state index contributed by atoms with van der Waals surface area (Å²) in [5.41, 5.74) is 0.453. The molecule has 1 aliphatic rings. The number of aromatic nitrogens is 1. The van der Waals surface area contributed by atoms with E-state index in [1.165, 1.54) is 7.11 Å². The number of rotatable bonds is 6.